The summed E-state index contributed by atoms with van der Waals surface area (Å²) in [5, 5.41) is 12.7. The van der Waals surface area contributed by atoms with Crippen molar-refractivity contribution in [2.75, 3.05) is 26.4 Å². The van der Waals surface area contributed by atoms with Crippen molar-refractivity contribution in [1.82, 2.24) is 5.32 Å². The van der Waals surface area contributed by atoms with Gasteiger partial charge in [0.05, 0.1) is 32.0 Å². The van der Waals surface area contributed by atoms with E-state index < -0.39 is 0 Å². The zero-order chi connectivity index (χ0) is 35.6. The highest BCUT2D eigenvalue weighted by molar-refractivity contribution is 4.95. The summed E-state index contributed by atoms with van der Waals surface area (Å²) >= 11 is 0. The van der Waals surface area contributed by atoms with Gasteiger partial charge >= 0.3 is 0 Å². The number of fused-ring (bicyclic) bond motifs is 1. The molecule has 2 fully saturated rings. The van der Waals surface area contributed by atoms with Crippen LogP contribution < -0.4 is 5.32 Å². The average molecular weight is 698 g/mol. The molecular weight excluding hydrogens is 615 g/mol. The highest BCUT2D eigenvalue weighted by Gasteiger charge is 2.42. The molecule has 0 bridgehead atoms. The normalized spacial score (nSPS) is 22.9. The molecule has 2 unspecified atom stereocenters. The molecule has 4 heteroatoms. The van der Waals surface area contributed by atoms with Crippen LogP contribution in [0.4, 0.5) is 0 Å². The molecule has 1 saturated carbocycles. The molecule has 0 aromatic rings. The number of allylic oxidation sites excluding steroid dienone is 8. The molecular formula is C46H83NO3. The monoisotopic (exact) mass is 698 g/mol. The van der Waals surface area contributed by atoms with E-state index in [9.17, 15) is 5.11 Å². The number of aliphatic hydroxyl groups excluding tert-OH is 1. The van der Waals surface area contributed by atoms with Gasteiger partial charge in [-0.25, -0.2) is 0 Å². The molecule has 50 heavy (non-hydrogen) atoms. The number of hydrogen-bond acceptors (Lipinski definition) is 4. The molecule has 0 aromatic carbocycles. The quantitative estimate of drug-likeness (QED) is 0.0529. The van der Waals surface area contributed by atoms with E-state index >= 15 is 0 Å². The van der Waals surface area contributed by atoms with Crippen molar-refractivity contribution >= 4 is 0 Å². The number of aliphatic hydroxyl groups is 1. The van der Waals surface area contributed by atoms with E-state index in [2.05, 4.69) is 67.8 Å². The van der Waals surface area contributed by atoms with Gasteiger partial charge in [0.25, 0.3) is 0 Å². The van der Waals surface area contributed by atoms with E-state index in [0.29, 0.717) is 12.6 Å². The molecule has 1 heterocycles. The fourth-order valence-electron chi connectivity index (χ4n) is 7.75. The predicted octanol–water partition coefficient (Wildman–Crippen LogP) is 12.9. The van der Waals surface area contributed by atoms with Crippen LogP contribution in [0.3, 0.4) is 0 Å². The number of rotatable bonds is 33. The van der Waals surface area contributed by atoms with E-state index in [-0.39, 0.29) is 24.2 Å². The Morgan fingerprint density at radius 3 is 1.30 bits per heavy atom. The first-order valence-electron chi connectivity index (χ1n) is 21.9. The lowest BCUT2D eigenvalue weighted by Crippen LogP contribution is -2.33. The molecule has 2 atom stereocenters. The van der Waals surface area contributed by atoms with E-state index in [1.807, 2.05) is 0 Å². The van der Waals surface area contributed by atoms with Crippen LogP contribution in [0.25, 0.3) is 0 Å². The summed E-state index contributed by atoms with van der Waals surface area (Å²) in [7, 11) is 0. The van der Waals surface area contributed by atoms with Crippen LogP contribution in [0.5, 0.6) is 0 Å². The smallest absolute Gasteiger partial charge is 0.0852 e. The Morgan fingerprint density at radius 1 is 0.520 bits per heavy atom. The van der Waals surface area contributed by atoms with E-state index in [1.165, 1.54) is 154 Å². The van der Waals surface area contributed by atoms with Gasteiger partial charge in [-0.3, -0.25) is 0 Å². The van der Waals surface area contributed by atoms with Crippen LogP contribution in [-0.4, -0.2) is 49.7 Å². The summed E-state index contributed by atoms with van der Waals surface area (Å²) in [5.41, 5.74) is 0.183. The predicted molar refractivity (Wildman–Crippen MR) is 218 cm³/mol. The van der Waals surface area contributed by atoms with Gasteiger partial charge in [0.15, 0.2) is 0 Å². The topological polar surface area (TPSA) is 50.7 Å². The van der Waals surface area contributed by atoms with Crippen molar-refractivity contribution in [3.8, 4) is 0 Å². The molecule has 0 spiro atoms. The van der Waals surface area contributed by atoms with Gasteiger partial charge < -0.3 is 19.9 Å². The second kappa shape index (κ2) is 32.5. The SMILES string of the molecule is CCCCCC=CCC=CCCCCCCCCC1(CCCCCCCCC=CCC=CCCCCC)COC2CC(NCCO)CC2OC1. The molecule has 0 aromatic heterocycles. The van der Waals surface area contributed by atoms with Crippen molar-refractivity contribution in [2.24, 2.45) is 5.41 Å². The van der Waals surface area contributed by atoms with Crippen LogP contribution in [0.2, 0.25) is 0 Å². The molecule has 0 radical (unpaired) electrons. The van der Waals surface area contributed by atoms with Crippen molar-refractivity contribution in [3.63, 3.8) is 0 Å². The number of hydrogen-bond donors (Lipinski definition) is 2. The second-order valence-electron chi connectivity index (χ2n) is 15.7. The first-order chi connectivity index (χ1) is 24.7. The lowest BCUT2D eigenvalue weighted by molar-refractivity contribution is -0.0157. The molecule has 2 N–H and O–H groups in total. The Hall–Kier alpha value is -1.20. The average Bonchev–Trinajstić information content (AvgIpc) is 3.45. The van der Waals surface area contributed by atoms with Crippen LogP contribution in [0, 0.1) is 5.41 Å². The standard InChI is InChI=1S/C46H83NO3/c1-3-5-7-9-11-13-15-17-19-21-23-25-27-29-31-33-35-46(41-49-44-39-43(47-37-38-48)40-45(44)50-42-46)36-34-32-30-28-26-24-22-20-18-16-14-12-10-8-6-4-2/h11-14,17-20,43-45,47-48H,3-10,15-16,21-42H2,1-2H3. The van der Waals surface area contributed by atoms with Crippen LogP contribution in [-0.2, 0) is 9.47 Å². The molecule has 1 aliphatic carbocycles. The third kappa shape index (κ3) is 23.4. The Balaban J connectivity index is 1.62. The first kappa shape index (κ1) is 45.0. The van der Waals surface area contributed by atoms with E-state index in [4.69, 9.17) is 9.47 Å². The van der Waals surface area contributed by atoms with Crippen molar-refractivity contribution in [1.29, 1.82) is 0 Å². The van der Waals surface area contributed by atoms with Crippen molar-refractivity contribution in [2.45, 2.75) is 212 Å². The third-order valence-corrected chi connectivity index (χ3v) is 11.0. The van der Waals surface area contributed by atoms with Gasteiger partial charge in [0.1, 0.15) is 0 Å². The largest absolute Gasteiger partial charge is 0.395 e. The van der Waals surface area contributed by atoms with E-state index in [0.717, 1.165) is 38.9 Å². The summed E-state index contributed by atoms with van der Waals surface area (Å²) in [6.07, 6.45) is 55.0. The maximum Gasteiger partial charge on any atom is 0.0852 e. The minimum Gasteiger partial charge on any atom is -0.395 e. The van der Waals surface area contributed by atoms with Crippen molar-refractivity contribution < 1.29 is 14.6 Å². The van der Waals surface area contributed by atoms with Crippen molar-refractivity contribution in [3.05, 3.63) is 48.6 Å². The Morgan fingerprint density at radius 2 is 0.900 bits per heavy atom. The second-order valence-corrected chi connectivity index (χ2v) is 15.7. The first-order valence-corrected chi connectivity index (χ1v) is 21.9. The number of unbranched alkanes of at least 4 members (excludes halogenated alkanes) is 18. The summed E-state index contributed by atoms with van der Waals surface area (Å²) in [6.45, 7) is 7.12. The fraction of sp³-hybridized carbons (Fsp3) is 0.826. The molecule has 1 saturated heterocycles. The zero-order valence-electron chi connectivity index (χ0n) is 33.2. The third-order valence-electron chi connectivity index (χ3n) is 11.0. The lowest BCUT2D eigenvalue weighted by Gasteiger charge is -2.32. The molecule has 0 amide bonds. The van der Waals surface area contributed by atoms with Crippen LogP contribution in [0.1, 0.15) is 194 Å². The lowest BCUT2D eigenvalue weighted by atomic mass is 9.79. The van der Waals surface area contributed by atoms with Gasteiger partial charge in [-0.2, -0.15) is 0 Å². The summed E-state index contributed by atoms with van der Waals surface area (Å²) in [6, 6.07) is 0.407. The van der Waals surface area contributed by atoms with Gasteiger partial charge in [-0.05, 0) is 89.9 Å². The number of ether oxygens (including phenoxy) is 2. The number of nitrogens with one attached hydrogen (secondary N) is 1. The fourth-order valence-corrected chi connectivity index (χ4v) is 7.75. The highest BCUT2D eigenvalue weighted by Crippen LogP contribution is 2.39. The maximum absolute atomic E-state index is 9.24. The van der Waals surface area contributed by atoms with Crippen LogP contribution in [0.15, 0.2) is 48.6 Å². The molecule has 290 valence electrons. The molecule has 2 aliphatic rings. The molecule has 1 aliphatic heterocycles. The summed E-state index contributed by atoms with van der Waals surface area (Å²) < 4.78 is 13.3. The zero-order valence-corrected chi connectivity index (χ0v) is 33.2. The summed E-state index contributed by atoms with van der Waals surface area (Å²) in [4.78, 5) is 0. The van der Waals surface area contributed by atoms with Gasteiger partial charge in [-0.15, -0.1) is 0 Å². The minimum absolute atomic E-state index is 0.183. The maximum atomic E-state index is 9.24. The van der Waals surface area contributed by atoms with E-state index in [1.54, 1.807) is 0 Å². The highest BCUT2D eigenvalue weighted by atomic mass is 16.6. The Bertz CT molecular complexity index is 797. The molecule has 4 nitrogen and oxygen atoms in total. The Kier molecular flexibility index (Phi) is 29.2. The Labute approximate surface area is 311 Å². The minimum atomic E-state index is 0.183. The summed E-state index contributed by atoms with van der Waals surface area (Å²) in [5.74, 6) is 0. The van der Waals surface area contributed by atoms with Gasteiger partial charge in [0.2, 0.25) is 0 Å². The molecule has 2 rings (SSSR count). The van der Waals surface area contributed by atoms with Gasteiger partial charge in [-0.1, -0.05) is 152 Å². The van der Waals surface area contributed by atoms with Crippen LogP contribution >= 0.6 is 0 Å². The van der Waals surface area contributed by atoms with Gasteiger partial charge in [0, 0.05) is 18.0 Å².